The number of nitrogens with one attached hydrogen (secondary N) is 2. The number of rotatable bonds is 7. The van der Waals surface area contributed by atoms with Gasteiger partial charge in [0.05, 0.1) is 34.7 Å². The van der Waals surface area contributed by atoms with Crippen LogP contribution in [0.1, 0.15) is 16.1 Å². The zero-order valence-corrected chi connectivity index (χ0v) is 18.2. The normalized spacial score (nSPS) is 10.7. The summed E-state index contributed by atoms with van der Waals surface area (Å²) in [5.41, 5.74) is 1.68. The van der Waals surface area contributed by atoms with Crippen LogP contribution in [0.15, 0.2) is 70.2 Å². The number of para-hydroxylation sites is 3. The number of pyridine rings is 1. The standard InChI is InChI=1S/C23H20N4O4S/c1-14-11-20(27-31-14)26-21(28)13-32-22-12-16(15-7-3-4-8-17(15)24-22)23(29)25-18-9-5-6-10-19(18)30-2/h3-12H,13H2,1-2H3,(H,25,29)(H,26,27,28). The molecule has 0 bridgehead atoms. The number of benzene rings is 2. The Hall–Kier alpha value is -3.85. The molecule has 2 N–H and O–H groups in total. The number of methoxy groups -OCH3 is 1. The van der Waals surface area contributed by atoms with Crippen molar-refractivity contribution in [2.75, 3.05) is 23.5 Å². The molecule has 2 heterocycles. The summed E-state index contributed by atoms with van der Waals surface area (Å²) in [6.45, 7) is 1.74. The van der Waals surface area contributed by atoms with Gasteiger partial charge in [0.15, 0.2) is 5.82 Å². The first-order valence-electron chi connectivity index (χ1n) is 9.73. The zero-order valence-electron chi connectivity index (χ0n) is 17.4. The largest absolute Gasteiger partial charge is 0.495 e. The van der Waals surface area contributed by atoms with Crippen molar-refractivity contribution in [1.82, 2.24) is 10.1 Å². The van der Waals surface area contributed by atoms with Gasteiger partial charge in [-0.1, -0.05) is 47.3 Å². The first-order valence-corrected chi connectivity index (χ1v) is 10.7. The topological polar surface area (TPSA) is 106 Å². The number of anilines is 2. The number of ether oxygens (including phenoxy) is 1. The van der Waals surface area contributed by atoms with Crippen molar-refractivity contribution in [2.45, 2.75) is 11.9 Å². The zero-order chi connectivity index (χ0) is 22.5. The Morgan fingerprint density at radius 1 is 1.06 bits per heavy atom. The summed E-state index contributed by atoms with van der Waals surface area (Å²) in [4.78, 5) is 30.0. The van der Waals surface area contributed by atoms with Crippen LogP contribution in [0.4, 0.5) is 11.5 Å². The van der Waals surface area contributed by atoms with Crippen molar-refractivity contribution in [3.05, 3.63) is 72.0 Å². The highest BCUT2D eigenvalue weighted by atomic mass is 32.2. The van der Waals surface area contributed by atoms with E-state index in [9.17, 15) is 9.59 Å². The summed E-state index contributed by atoms with van der Waals surface area (Å²) in [7, 11) is 1.55. The maximum Gasteiger partial charge on any atom is 0.256 e. The van der Waals surface area contributed by atoms with Crippen molar-refractivity contribution in [2.24, 2.45) is 0 Å². The van der Waals surface area contributed by atoms with Gasteiger partial charge in [0, 0.05) is 11.5 Å². The van der Waals surface area contributed by atoms with Gasteiger partial charge in [-0.05, 0) is 31.2 Å². The summed E-state index contributed by atoms with van der Waals surface area (Å²) in [6, 6.07) is 17.9. The lowest BCUT2D eigenvalue weighted by atomic mass is 10.1. The molecule has 0 fully saturated rings. The second-order valence-corrected chi connectivity index (χ2v) is 7.83. The molecule has 9 heteroatoms. The van der Waals surface area contributed by atoms with Crippen LogP contribution in [-0.2, 0) is 4.79 Å². The van der Waals surface area contributed by atoms with Gasteiger partial charge in [-0.15, -0.1) is 0 Å². The summed E-state index contributed by atoms with van der Waals surface area (Å²) < 4.78 is 10.3. The second kappa shape index (κ2) is 9.52. The molecule has 0 radical (unpaired) electrons. The maximum atomic E-state index is 13.1. The van der Waals surface area contributed by atoms with E-state index in [1.807, 2.05) is 36.4 Å². The van der Waals surface area contributed by atoms with Crippen molar-refractivity contribution in [3.8, 4) is 5.75 Å². The van der Waals surface area contributed by atoms with Gasteiger partial charge in [0.2, 0.25) is 5.91 Å². The lowest BCUT2D eigenvalue weighted by Gasteiger charge is -2.12. The molecule has 4 rings (SSSR count). The predicted octanol–water partition coefficient (Wildman–Crippen LogP) is 4.52. The van der Waals surface area contributed by atoms with Crippen molar-refractivity contribution in [1.29, 1.82) is 0 Å². The molecule has 162 valence electrons. The Labute approximate surface area is 188 Å². The summed E-state index contributed by atoms with van der Waals surface area (Å²) in [6.07, 6.45) is 0. The number of fused-ring (bicyclic) bond motifs is 1. The Morgan fingerprint density at radius 3 is 2.62 bits per heavy atom. The number of thioether (sulfide) groups is 1. The van der Waals surface area contributed by atoms with E-state index in [1.54, 1.807) is 38.3 Å². The van der Waals surface area contributed by atoms with Gasteiger partial charge < -0.3 is 19.9 Å². The van der Waals surface area contributed by atoms with Crippen LogP contribution in [0.25, 0.3) is 10.9 Å². The fraction of sp³-hybridized carbons (Fsp3) is 0.130. The van der Waals surface area contributed by atoms with Crippen LogP contribution in [0.5, 0.6) is 5.75 Å². The molecule has 0 aliphatic carbocycles. The minimum absolute atomic E-state index is 0.102. The third-order valence-corrected chi connectivity index (χ3v) is 5.45. The Bertz CT molecular complexity index is 1290. The molecule has 32 heavy (non-hydrogen) atoms. The van der Waals surface area contributed by atoms with E-state index in [2.05, 4.69) is 20.8 Å². The first kappa shape index (κ1) is 21.4. The highest BCUT2D eigenvalue weighted by Gasteiger charge is 2.16. The van der Waals surface area contributed by atoms with E-state index in [4.69, 9.17) is 9.26 Å². The quantitative estimate of drug-likeness (QED) is 0.400. The van der Waals surface area contributed by atoms with Crippen molar-refractivity contribution < 1.29 is 18.8 Å². The molecule has 0 atom stereocenters. The maximum absolute atomic E-state index is 13.1. The number of carbonyl (C=O) groups excluding carboxylic acids is 2. The Balaban J connectivity index is 1.55. The Morgan fingerprint density at radius 2 is 1.84 bits per heavy atom. The third-order valence-electron chi connectivity index (χ3n) is 4.54. The number of carbonyl (C=O) groups is 2. The highest BCUT2D eigenvalue weighted by Crippen LogP contribution is 2.27. The smallest absolute Gasteiger partial charge is 0.256 e. The first-order chi connectivity index (χ1) is 15.5. The fourth-order valence-corrected chi connectivity index (χ4v) is 3.81. The van der Waals surface area contributed by atoms with Crippen molar-refractivity contribution in [3.63, 3.8) is 0 Å². The van der Waals surface area contributed by atoms with Crippen LogP contribution in [0, 0.1) is 6.92 Å². The number of aromatic nitrogens is 2. The minimum atomic E-state index is -0.294. The molecular formula is C23H20N4O4S. The highest BCUT2D eigenvalue weighted by molar-refractivity contribution is 7.99. The van der Waals surface area contributed by atoms with Crippen LogP contribution in [0.3, 0.4) is 0 Å². The molecule has 8 nitrogen and oxygen atoms in total. The third kappa shape index (κ3) is 4.89. The Kier molecular flexibility index (Phi) is 6.37. The van der Waals surface area contributed by atoms with E-state index < -0.39 is 0 Å². The average molecular weight is 449 g/mol. The monoisotopic (exact) mass is 448 g/mol. The van der Waals surface area contributed by atoms with Crippen LogP contribution < -0.4 is 15.4 Å². The number of nitrogens with zero attached hydrogens (tertiary/aromatic N) is 2. The van der Waals surface area contributed by atoms with E-state index in [0.29, 0.717) is 44.5 Å². The number of hydrogen-bond donors (Lipinski definition) is 2. The van der Waals surface area contributed by atoms with Gasteiger partial charge in [-0.25, -0.2) is 4.98 Å². The second-order valence-electron chi connectivity index (χ2n) is 6.84. The molecule has 0 spiro atoms. The molecule has 0 aliphatic rings. The van der Waals surface area contributed by atoms with Gasteiger partial charge in [-0.2, -0.15) is 0 Å². The van der Waals surface area contributed by atoms with Crippen LogP contribution in [-0.4, -0.2) is 34.8 Å². The number of amides is 2. The van der Waals surface area contributed by atoms with E-state index in [1.165, 1.54) is 11.8 Å². The number of hydrogen-bond acceptors (Lipinski definition) is 7. The van der Waals surface area contributed by atoms with E-state index in [0.717, 1.165) is 0 Å². The lowest BCUT2D eigenvalue weighted by Crippen LogP contribution is -2.15. The summed E-state index contributed by atoms with van der Waals surface area (Å²) >= 11 is 1.23. The lowest BCUT2D eigenvalue weighted by molar-refractivity contribution is -0.113. The van der Waals surface area contributed by atoms with Gasteiger partial charge in [-0.3, -0.25) is 9.59 Å². The van der Waals surface area contributed by atoms with Gasteiger partial charge in [0.1, 0.15) is 11.5 Å². The van der Waals surface area contributed by atoms with Gasteiger partial charge in [0.25, 0.3) is 5.91 Å². The van der Waals surface area contributed by atoms with Crippen LogP contribution in [0.2, 0.25) is 0 Å². The molecule has 4 aromatic rings. The molecular weight excluding hydrogens is 428 g/mol. The predicted molar refractivity (Wildman–Crippen MR) is 123 cm³/mol. The molecule has 0 unspecified atom stereocenters. The summed E-state index contributed by atoms with van der Waals surface area (Å²) in [5, 5.41) is 10.6. The van der Waals surface area contributed by atoms with Crippen molar-refractivity contribution >= 4 is 46.0 Å². The molecule has 2 amide bonds. The molecule has 2 aromatic heterocycles. The average Bonchev–Trinajstić information content (AvgIpc) is 3.21. The van der Waals surface area contributed by atoms with E-state index >= 15 is 0 Å². The SMILES string of the molecule is COc1ccccc1NC(=O)c1cc(SCC(=O)Nc2cc(C)on2)nc2ccccc12. The molecule has 0 aliphatic heterocycles. The minimum Gasteiger partial charge on any atom is -0.495 e. The molecule has 2 aromatic carbocycles. The molecule has 0 saturated heterocycles. The van der Waals surface area contributed by atoms with Crippen LogP contribution >= 0.6 is 11.8 Å². The summed E-state index contributed by atoms with van der Waals surface area (Å²) in [5.74, 6) is 1.08. The molecule has 0 saturated carbocycles. The van der Waals surface area contributed by atoms with Gasteiger partial charge >= 0.3 is 0 Å². The number of aryl methyl sites for hydroxylation is 1. The fourth-order valence-electron chi connectivity index (χ4n) is 3.09. The van der Waals surface area contributed by atoms with E-state index in [-0.39, 0.29) is 17.6 Å².